The Hall–Kier alpha value is -2.16. The molecule has 0 saturated heterocycles. The fourth-order valence-electron chi connectivity index (χ4n) is 3.80. The van der Waals surface area contributed by atoms with E-state index in [1.54, 1.807) is 32.9 Å². The van der Waals surface area contributed by atoms with Crippen LogP contribution in [0.25, 0.3) is 10.9 Å². The number of para-hydroxylation sites is 1. The molecule has 0 unspecified atom stereocenters. The quantitative estimate of drug-likeness (QED) is 0.577. The summed E-state index contributed by atoms with van der Waals surface area (Å²) in [6.45, 7) is 6.50. The number of carbonyl (C=O) groups excluding carboxylic acids is 1. The van der Waals surface area contributed by atoms with Crippen LogP contribution in [0.3, 0.4) is 0 Å². The number of nitrogens with one attached hydrogen (secondary N) is 2. The van der Waals surface area contributed by atoms with E-state index < -0.39 is 15.6 Å². The Morgan fingerprint density at radius 2 is 1.83 bits per heavy atom. The molecule has 0 atom stereocenters. The zero-order chi connectivity index (χ0) is 21.7. The van der Waals surface area contributed by atoms with Gasteiger partial charge in [0.2, 0.25) is 10.0 Å². The number of aromatic nitrogens is 1. The first-order valence-electron chi connectivity index (χ1n) is 9.76. The Balaban J connectivity index is 1.56. The minimum atomic E-state index is -3.63. The minimum absolute atomic E-state index is 0.0993. The van der Waals surface area contributed by atoms with Crippen LogP contribution in [0.5, 0.6) is 0 Å². The molecule has 1 aromatic heterocycles. The monoisotopic (exact) mass is 489 g/mol. The number of amides is 1. The van der Waals surface area contributed by atoms with E-state index in [1.807, 2.05) is 17.0 Å². The predicted octanol–water partition coefficient (Wildman–Crippen LogP) is 4.21. The average Bonchev–Trinajstić information content (AvgIpc) is 3.05. The molecule has 0 fully saturated rings. The van der Waals surface area contributed by atoms with Crippen molar-refractivity contribution < 1.29 is 13.2 Å². The molecule has 6 nitrogen and oxygen atoms in total. The van der Waals surface area contributed by atoms with Gasteiger partial charge in [0.1, 0.15) is 0 Å². The molecule has 0 saturated carbocycles. The number of nitrogens with zero attached hydrogens (tertiary/aromatic N) is 1. The highest BCUT2D eigenvalue weighted by Crippen LogP contribution is 2.32. The number of sulfonamides is 1. The van der Waals surface area contributed by atoms with Crippen molar-refractivity contribution >= 4 is 42.8 Å². The van der Waals surface area contributed by atoms with Crippen LogP contribution in [0.2, 0.25) is 0 Å². The van der Waals surface area contributed by atoms with Crippen molar-refractivity contribution in [2.45, 2.75) is 44.2 Å². The summed E-state index contributed by atoms with van der Waals surface area (Å²) in [5, 5.41) is 1.12. The molecule has 0 spiro atoms. The molecule has 1 aliphatic heterocycles. The smallest absolute Gasteiger partial charge is 0.254 e. The van der Waals surface area contributed by atoms with E-state index in [4.69, 9.17) is 0 Å². The van der Waals surface area contributed by atoms with Crippen molar-refractivity contribution in [3.05, 3.63) is 63.8 Å². The Morgan fingerprint density at radius 1 is 1.13 bits per heavy atom. The molecule has 2 N–H and O–H groups in total. The summed E-state index contributed by atoms with van der Waals surface area (Å²) in [7, 11) is -3.63. The molecule has 1 aliphatic rings. The van der Waals surface area contributed by atoms with Gasteiger partial charge in [-0.15, -0.1) is 0 Å². The van der Waals surface area contributed by atoms with E-state index in [0.29, 0.717) is 18.7 Å². The Labute approximate surface area is 184 Å². The molecule has 2 aromatic carbocycles. The number of halogens is 1. The third-order valence-electron chi connectivity index (χ3n) is 5.10. The molecule has 2 heterocycles. The van der Waals surface area contributed by atoms with E-state index in [2.05, 4.69) is 31.7 Å². The molecule has 0 bridgehead atoms. The van der Waals surface area contributed by atoms with Crippen LogP contribution in [-0.4, -0.2) is 36.3 Å². The number of fused-ring (bicyclic) bond motifs is 3. The summed E-state index contributed by atoms with van der Waals surface area (Å²) in [4.78, 5) is 18.5. The topological polar surface area (TPSA) is 82.3 Å². The SMILES string of the molecule is CC(C)(C)NS(=O)(=O)c1ccc(C(=O)N2CCc3[nH]c4c(Br)cccc4c3C2)cc1. The molecule has 0 aliphatic carbocycles. The number of aromatic amines is 1. The molecule has 3 aromatic rings. The largest absolute Gasteiger partial charge is 0.357 e. The van der Waals surface area contributed by atoms with Gasteiger partial charge in [-0.3, -0.25) is 4.79 Å². The number of hydrogen-bond donors (Lipinski definition) is 2. The first kappa shape index (κ1) is 21.1. The van der Waals surface area contributed by atoms with Gasteiger partial charge in [0.15, 0.2) is 0 Å². The van der Waals surface area contributed by atoms with Crippen LogP contribution in [-0.2, 0) is 23.0 Å². The van der Waals surface area contributed by atoms with Crippen molar-refractivity contribution in [3.63, 3.8) is 0 Å². The van der Waals surface area contributed by atoms with Crippen molar-refractivity contribution in [3.8, 4) is 0 Å². The Bertz CT molecular complexity index is 1220. The average molecular weight is 490 g/mol. The first-order chi connectivity index (χ1) is 14.0. The maximum Gasteiger partial charge on any atom is 0.254 e. The van der Waals surface area contributed by atoms with Gasteiger partial charge in [-0.25, -0.2) is 13.1 Å². The normalized spacial score (nSPS) is 14.7. The number of benzene rings is 2. The zero-order valence-electron chi connectivity index (χ0n) is 17.1. The number of H-pyrrole nitrogens is 1. The maximum atomic E-state index is 13.1. The van der Waals surface area contributed by atoms with Gasteiger partial charge < -0.3 is 9.88 Å². The van der Waals surface area contributed by atoms with Crippen molar-refractivity contribution in [1.29, 1.82) is 0 Å². The van der Waals surface area contributed by atoms with Crippen LogP contribution in [0.15, 0.2) is 51.8 Å². The summed E-state index contributed by atoms with van der Waals surface area (Å²) in [6.07, 6.45) is 0.754. The highest BCUT2D eigenvalue weighted by molar-refractivity contribution is 9.10. The van der Waals surface area contributed by atoms with E-state index in [1.165, 1.54) is 12.1 Å². The van der Waals surface area contributed by atoms with Gasteiger partial charge in [-0.1, -0.05) is 12.1 Å². The fourth-order valence-corrected chi connectivity index (χ4v) is 5.68. The Morgan fingerprint density at radius 3 is 2.50 bits per heavy atom. The van der Waals surface area contributed by atoms with Gasteiger partial charge >= 0.3 is 0 Å². The molecular weight excluding hydrogens is 466 g/mol. The van der Waals surface area contributed by atoms with Crippen molar-refractivity contribution in [2.24, 2.45) is 0 Å². The third-order valence-corrected chi connectivity index (χ3v) is 7.53. The van der Waals surface area contributed by atoms with E-state index in [0.717, 1.165) is 33.1 Å². The third kappa shape index (κ3) is 4.04. The summed E-state index contributed by atoms with van der Waals surface area (Å²) < 4.78 is 28.6. The molecule has 8 heteroatoms. The van der Waals surface area contributed by atoms with Gasteiger partial charge in [0.25, 0.3) is 5.91 Å². The van der Waals surface area contributed by atoms with E-state index in [9.17, 15) is 13.2 Å². The minimum Gasteiger partial charge on any atom is -0.357 e. The van der Waals surface area contributed by atoms with E-state index in [-0.39, 0.29) is 10.8 Å². The van der Waals surface area contributed by atoms with Gasteiger partial charge in [0, 0.05) is 51.7 Å². The second kappa shape index (κ2) is 7.51. The molecule has 1 amide bonds. The second-order valence-corrected chi connectivity index (χ2v) is 11.1. The van der Waals surface area contributed by atoms with Crippen LogP contribution < -0.4 is 4.72 Å². The van der Waals surface area contributed by atoms with Gasteiger partial charge in [0.05, 0.1) is 10.4 Å². The molecule has 4 rings (SSSR count). The lowest BCUT2D eigenvalue weighted by molar-refractivity contribution is 0.0735. The highest BCUT2D eigenvalue weighted by Gasteiger charge is 2.26. The van der Waals surface area contributed by atoms with Crippen LogP contribution in [0.4, 0.5) is 0 Å². The lowest BCUT2D eigenvalue weighted by Gasteiger charge is -2.27. The highest BCUT2D eigenvalue weighted by atomic mass is 79.9. The molecule has 158 valence electrons. The zero-order valence-corrected chi connectivity index (χ0v) is 19.5. The van der Waals surface area contributed by atoms with Crippen molar-refractivity contribution in [1.82, 2.24) is 14.6 Å². The maximum absolute atomic E-state index is 13.1. The summed E-state index contributed by atoms with van der Waals surface area (Å²) in [6, 6.07) is 12.2. The molecule has 30 heavy (non-hydrogen) atoms. The number of carbonyl (C=O) groups is 1. The number of hydrogen-bond acceptors (Lipinski definition) is 3. The van der Waals surface area contributed by atoms with Crippen LogP contribution >= 0.6 is 15.9 Å². The molecular formula is C22H24BrN3O3S. The van der Waals surface area contributed by atoms with Crippen LogP contribution in [0, 0.1) is 0 Å². The van der Waals surface area contributed by atoms with Crippen molar-refractivity contribution in [2.75, 3.05) is 6.54 Å². The summed E-state index contributed by atoms with van der Waals surface area (Å²) in [5.74, 6) is -0.0993. The predicted molar refractivity (Wildman–Crippen MR) is 121 cm³/mol. The van der Waals surface area contributed by atoms with Crippen LogP contribution in [0.1, 0.15) is 42.4 Å². The van der Waals surface area contributed by atoms with Gasteiger partial charge in [-0.05, 0) is 67.0 Å². The van der Waals surface area contributed by atoms with E-state index >= 15 is 0 Å². The standard InChI is InChI=1S/C22H24BrN3O3S/c1-22(2,3)25-30(28,29)15-9-7-14(8-10-15)21(27)26-12-11-19-17(13-26)16-5-4-6-18(23)20(16)24-19/h4-10,24-25H,11-13H2,1-3H3. The summed E-state index contributed by atoms with van der Waals surface area (Å²) >= 11 is 3.58. The lowest BCUT2D eigenvalue weighted by atomic mass is 10.0. The van der Waals surface area contributed by atoms with Gasteiger partial charge in [-0.2, -0.15) is 0 Å². The second-order valence-electron chi connectivity index (χ2n) is 8.60. The summed E-state index contributed by atoms with van der Waals surface area (Å²) in [5.41, 5.74) is 3.26. The number of rotatable bonds is 3. The lowest BCUT2D eigenvalue weighted by Crippen LogP contribution is -2.40. The molecule has 0 radical (unpaired) electrons. The first-order valence-corrected chi connectivity index (χ1v) is 12.0. The fraction of sp³-hybridized carbons (Fsp3) is 0.318. The Kier molecular flexibility index (Phi) is 5.28.